The minimum atomic E-state index is -0.332. The fourth-order valence-electron chi connectivity index (χ4n) is 1.46. The SMILES string of the molecule is CC[C@@H](N)C(=O)NCC1CC1(C)C. The van der Waals surface area contributed by atoms with Gasteiger partial charge in [-0.1, -0.05) is 20.8 Å². The molecule has 0 saturated heterocycles. The van der Waals surface area contributed by atoms with Crippen molar-refractivity contribution in [2.24, 2.45) is 17.1 Å². The van der Waals surface area contributed by atoms with Gasteiger partial charge in [0.05, 0.1) is 6.04 Å². The zero-order valence-corrected chi connectivity index (χ0v) is 8.76. The predicted octanol–water partition coefficient (Wildman–Crippen LogP) is 0.886. The van der Waals surface area contributed by atoms with Crippen LogP contribution < -0.4 is 11.1 Å². The molecular formula is C10H20N2O. The fraction of sp³-hybridized carbons (Fsp3) is 0.900. The van der Waals surface area contributed by atoms with Gasteiger partial charge in [-0.3, -0.25) is 4.79 Å². The first-order valence-corrected chi connectivity index (χ1v) is 5.00. The van der Waals surface area contributed by atoms with E-state index in [4.69, 9.17) is 5.73 Å². The maximum atomic E-state index is 11.3. The van der Waals surface area contributed by atoms with Crippen LogP contribution >= 0.6 is 0 Å². The molecule has 0 bridgehead atoms. The molecule has 0 aromatic carbocycles. The lowest BCUT2D eigenvalue weighted by molar-refractivity contribution is -0.122. The number of carbonyl (C=O) groups excluding carboxylic acids is 1. The number of carbonyl (C=O) groups is 1. The average molecular weight is 184 g/mol. The van der Waals surface area contributed by atoms with Crippen LogP contribution in [0.3, 0.4) is 0 Å². The molecule has 0 heterocycles. The van der Waals surface area contributed by atoms with E-state index in [1.165, 1.54) is 6.42 Å². The second kappa shape index (κ2) is 3.66. The van der Waals surface area contributed by atoms with Gasteiger partial charge in [0, 0.05) is 6.54 Å². The third kappa shape index (κ3) is 2.69. The molecule has 3 nitrogen and oxygen atoms in total. The van der Waals surface area contributed by atoms with Crippen molar-refractivity contribution in [3.05, 3.63) is 0 Å². The molecule has 13 heavy (non-hydrogen) atoms. The molecule has 0 aliphatic heterocycles. The topological polar surface area (TPSA) is 55.1 Å². The Hall–Kier alpha value is -0.570. The number of nitrogens with one attached hydrogen (secondary N) is 1. The Bertz CT molecular complexity index is 201. The number of nitrogens with two attached hydrogens (primary N) is 1. The highest BCUT2D eigenvalue weighted by atomic mass is 16.2. The van der Waals surface area contributed by atoms with Gasteiger partial charge in [0.1, 0.15) is 0 Å². The Morgan fingerprint density at radius 1 is 1.69 bits per heavy atom. The molecule has 1 unspecified atom stereocenters. The van der Waals surface area contributed by atoms with Gasteiger partial charge in [0.25, 0.3) is 0 Å². The molecule has 2 atom stereocenters. The van der Waals surface area contributed by atoms with Crippen molar-refractivity contribution >= 4 is 5.91 Å². The van der Waals surface area contributed by atoms with Crippen LogP contribution in [0.2, 0.25) is 0 Å². The summed E-state index contributed by atoms with van der Waals surface area (Å²) in [5.74, 6) is 0.644. The highest BCUT2D eigenvalue weighted by Crippen LogP contribution is 2.50. The Labute approximate surface area is 80.1 Å². The standard InChI is InChI=1S/C10H20N2O/c1-4-8(11)9(13)12-6-7-5-10(7,2)3/h7-8H,4-6,11H2,1-3H3,(H,12,13)/t7?,8-/m1/s1. The highest BCUT2D eigenvalue weighted by Gasteiger charge is 2.45. The number of amides is 1. The number of hydrogen-bond donors (Lipinski definition) is 2. The van der Waals surface area contributed by atoms with Crippen molar-refractivity contribution in [2.45, 2.75) is 39.7 Å². The van der Waals surface area contributed by atoms with E-state index in [-0.39, 0.29) is 11.9 Å². The average Bonchev–Trinajstić information content (AvgIpc) is 2.68. The summed E-state index contributed by atoms with van der Waals surface area (Å²) in [6, 6.07) is -0.332. The summed E-state index contributed by atoms with van der Waals surface area (Å²) in [7, 11) is 0. The van der Waals surface area contributed by atoms with Crippen molar-refractivity contribution in [3.63, 3.8) is 0 Å². The molecule has 1 amide bonds. The third-order valence-corrected chi connectivity index (χ3v) is 3.02. The van der Waals surface area contributed by atoms with Crippen molar-refractivity contribution < 1.29 is 4.79 Å². The Balaban J connectivity index is 2.17. The van der Waals surface area contributed by atoms with Gasteiger partial charge in [-0.15, -0.1) is 0 Å². The molecule has 0 aromatic rings. The molecule has 1 rings (SSSR count). The maximum Gasteiger partial charge on any atom is 0.236 e. The Morgan fingerprint density at radius 2 is 2.23 bits per heavy atom. The van der Waals surface area contributed by atoms with Gasteiger partial charge in [0.2, 0.25) is 5.91 Å². The summed E-state index contributed by atoms with van der Waals surface area (Å²) < 4.78 is 0. The molecule has 1 saturated carbocycles. The van der Waals surface area contributed by atoms with Crippen LogP contribution in [-0.2, 0) is 4.79 Å². The summed E-state index contributed by atoms with van der Waals surface area (Å²) in [5.41, 5.74) is 6.01. The molecule has 0 spiro atoms. The first-order chi connectivity index (χ1) is 5.97. The maximum absolute atomic E-state index is 11.3. The molecule has 3 N–H and O–H groups in total. The molecule has 1 aliphatic carbocycles. The third-order valence-electron chi connectivity index (χ3n) is 3.02. The lowest BCUT2D eigenvalue weighted by atomic mass is 10.1. The molecule has 1 aliphatic rings. The van der Waals surface area contributed by atoms with Crippen LogP contribution in [0.15, 0.2) is 0 Å². The van der Waals surface area contributed by atoms with Crippen LogP contribution in [0.25, 0.3) is 0 Å². The second-order valence-corrected chi connectivity index (χ2v) is 4.65. The summed E-state index contributed by atoms with van der Waals surface area (Å²) in [4.78, 5) is 11.3. The molecule has 3 heteroatoms. The van der Waals surface area contributed by atoms with Gasteiger partial charge in [-0.2, -0.15) is 0 Å². The normalized spacial score (nSPS) is 26.6. The second-order valence-electron chi connectivity index (χ2n) is 4.65. The van der Waals surface area contributed by atoms with Gasteiger partial charge in [0.15, 0.2) is 0 Å². The van der Waals surface area contributed by atoms with Crippen molar-refractivity contribution in [3.8, 4) is 0 Å². The first-order valence-electron chi connectivity index (χ1n) is 5.00. The highest BCUT2D eigenvalue weighted by molar-refractivity contribution is 5.81. The summed E-state index contributed by atoms with van der Waals surface area (Å²) in [5, 5.41) is 2.89. The molecule has 0 radical (unpaired) electrons. The van der Waals surface area contributed by atoms with E-state index >= 15 is 0 Å². The van der Waals surface area contributed by atoms with Crippen LogP contribution in [0.4, 0.5) is 0 Å². The van der Waals surface area contributed by atoms with Crippen LogP contribution in [0, 0.1) is 11.3 Å². The van der Waals surface area contributed by atoms with Crippen LogP contribution in [0.1, 0.15) is 33.6 Å². The van der Waals surface area contributed by atoms with E-state index < -0.39 is 0 Å². The van der Waals surface area contributed by atoms with Gasteiger partial charge in [-0.05, 0) is 24.2 Å². The van der Waals surface area contributed by atoms with Crippen LogP contribution in [-0.4, -0.2) is 18.5 Å². The quantitative estimate of drug-likeness (QED) is 0.681. The minimum absolute atomic E-state index is 0.00907. The number of rotatable bonds is 4. The minimum Gasteiger partial charge on any atom is -0.354 e. The fourth-order valence-corrected chi connectivity index (χ4v) is 1.46. The van der Waals surface area contributed by atoms with Gasteiger partial charge in [-0.25, -0.2) is 0 Å². The van der Waals surface area contributed by atoms with Crippen molar-refractivity contribution in [2.75, 3.05) is 6.54 Å². The van der Waals surface area contributed by atoms with E-state index in [9.17, 15) is 4.79 Å². The van der Waals surface area contributed by atoms with Gasteiger partial charge >= 0.3 is 0 Å². The Morgan fingerprint density at radius 3 is 2.62 bits per heavy atom. The van der Waals surface area contributed by atoms with Crippen LogP contribution in [0.5, 0.6) is 0 Å². The monoisotopic (exact) mass is 184 g/mol. The predicted molar refractivity (Wildman–Crippen MR) is 53.2 cm³/mol. The van der Waals surface area contributed by atoms with E-state index in [0.717, 1.165) is 6.54 Å². The van der Waals surface area contributed by atoms with E-state index in [1.54, 1.807) is 0 Å². The first kappa shape index (κ1) is 10.5. The van der Waals surface area contributed by atoms with Crippen molar-refractivity contribution in [1.29, 1.82) is 0 Å². The number of hydrogen-bond acceptors (Lipinski definition) is 2. The smallest absolute Gasteiger partial charge is 0.236 e. The molecule has 76 valence electrons. The summed E-state index contributed by atoms with van der Waals surface area (Å²) in [6.45, 7) is 7.16. The van der Waals surface area contributed by atoms with Crippen molar-refractivity contribution in [1.82, 2.24) is 5.32 Å². The lowest BCUT2D eigenvalue weighted by Crippen LogP contribution is -2.41. The summed E-state index contributed by atoms with van der Waals surface area (Å²) >= 11 is 0. The van der Waals surface area contributed by atoms with E-state index in [2.05, 4.69) is 19.2 Å². The zero-order valence-electron chi connectivity index (χ0n) is 8.76. The Kier molecular flexibility index (Phi) is 2.96. The van der Waals surface area contributed by atoms with E-state index in [0.29, 0.717) is 17.8 Å². The van der Waals surface area contributed by atoms with E-state index in [1.807, 2.05) is 6.92 Å². The zero-order chi connectivity index (χ0) is 10.1. The summed E-state index contributed by atoms with van der Waals surface area (Å²) in [6.07, 6.45) is 1.93. The molecular weight excluding hydrogens is 164 g/mol. The molecule has 1 fully saturated rings. The lowest BCUT2D eigenvalue weighted by Gasteiger charge is -2.10. The largest absolute Gasteiger partial charge is 0.354 e. The molecule has 0 aromatic heterocycles. The van der Waals surface area contributed by atoms with Gasteiger partial charge < -0.3 is 11.1 Å².